The number of anilines is 1. The van der Waals surface area contributed by atoms with Gasteiger partial charge in [-0.2, -0.15) is 10.2 Å². The number of hydrogen-bond donors (Lipinski definition) is 1. The molecule has 1 saturated heterocycles. The normalized spacial score (nSPS) is 19.7. The minimum absolute atomic E-state index is 0.0393. The zero-order chi connectivity index (χ0) is 27.6. The van der Waals surface area contributed by atoms with Gasteiger partial charge in [0.25, 0.3) is 11.5 Å². The van der Waals surface area contributed by atoms with Crippen molar-refractivity contribution in [3.63, 3.8) is 0 Å². The zero-order valence-corrected chi connectivity index (χ0v) is 22.6. The van der Waals surface area contributed by atoms with Crippen LogP contribution in [-0.4, -0.2) is 44.0 Å². The number of nitrogens with one attached hydrogen (secondary N) is 1. The average Bonchev–Trinajstić information content (AvgIpc) is 3.63. The Labute approximate surface area is 230 Å². The molecule has 1 N–H and O–H groups in total. The molecule has 1 aliphatic carbocycles. The highest BCUT2D eigenvalue weighted by Crippen LogP contribution is 2.33. The molecule has 2 unspecified atom stereocenters. The highest BCUT2D eigenvalue weighted by Gasteiger charge is 2.33. The van der Waals surface area contributed by atoms with E-state index in [9.17, 15) is 14.0 Å². The predicted octanol–water partition coefficient (Wildman–Crippen LogP) is 4.94. The van der Waals surface area contributed by atoms with Gasteiger partial charge in [0.1, 0.15) is 12.1 Å². The number of rotatable bonds is 9. The maximum Gasteiger partial charge on any atom is 0.271 e. The van der Waals surface area contributed by atoms with Gasteiger partial charge in [-0.1, -0.05) is 43.4 Å². The Kier molecular flexibility index (Phi) is 8.01. The van der Waals surface area contributed by atoms with Gasteiger partial charge < -0.3 is 19.5 Å². The van der Waals surface area contributed by atoms with Crippen molar-refractivity contribution in [1.29, 1.82) is 0 Å². The topological polar surface area (TPSA) is 110 Å². The van der Waals surface area contributed by atoms with Crippen molar-refractivity contribution in [2.24, 2.45) is 5.92 Å². The van der Waals surface area contributed by atoms with Gasteiger partial charge in [0.2, 0.25) is 0 Å². The fourth-order valence-electron chi connectivity index (χ4n) is 5.06. The van der Waals surface area contributed by atoms with Gasteiger partial charge >= 0.3 is 0 Å². The summed E-state index contributed by atoms with van der Waals surface area (Å²) in [6, 6.07) is 6.35. The molecule has 10 nitrogen and oxygen atoms in total. The SMILES string of the molecule is CC1(C)OCC(Cn2ccc(NC(=O)C(CC3CCCC3)n3ncc(Oc4cccc(Cl)c4F)cc3=O)n2)O1. The summed E-state index contributed by atoms with van der Waals surface area (Å²) in [5, 5.41) is 11.4. The molecule has 0 bridgehead atoms. The largest absolute Gasteiger partial charge is 0.452 e. The van der Waals surface area contributed by atoms with E-state index < -0.39 is 29.1 Å². The van der Waals surface area contributed by atoms with Crippen LogP contribution < -0.4 is 15.6 Å². The molecule has 2 aliphatic rings. The van der Waals surface area contributed by atoms with Gasteiger partial charge in [-0.25, -0.2) is 9.07 Å². The fourth-order valence-corrected chi connectivity index (χ4v) is 5.23. The maximum absolute atomic E-state index is 14.3. The number of benzene rings is 1. The number of aromatic nitrogens is 4. The van der Waals surface area contributed by atoms with E-state index in [1.54, 1.807) is 16.9 Å². The van der Waals surface area contributed by atoms with E-state index in [2.05, 4.69) is 15.5 Å². The van der Waals surface area contributed by atoms with E-state index in [4.69, 9.17) is 25.8 Å². The molecule has 208 valence electrons. The van der Waals surface area contributed by atoms with Crippen LogP contribution in [0.15, 0.2) is 47.5 Å². The lowest BCUT2D eigenvalue weighted by atomic mass is 9.98. The molecule has 0 radical (unpaired) electrons. The minimum Gasteiger partial charge on any atom is -0.452 e. The molecule has 5 rings (SSSR count). The lowest BCUT2D eigenvalue weighted by Gasteiger charge is -2.21. The Morgan fingerprint density at radius 2 is 2.10 bits per heavy atom. The number of amides is 1. The summed E-state index contributed by atoms with van der Waals surface area (Å²) < 4.78 is 34.0. The molecule has 2 atom stereocenters. The zero-order valence-electron chi connectivity index (χ0n) is 21.8. The third-order valence-corrected chi connectivity index (χ3v) is 7.22. The van der Waals surface area contributed by atoms with Crippen LogP contribution in [0, 0.1) is 11.7 Å². The van der Waals surface area contributed by atoms with Crippen molar-refractivity contribution in [3.8, 4) is 11.5 Å². The van der Waals surface area contributed by atoms with E-state index in [-0.39, 0.29) is 22.6 Å². The van der Waals surface area contributed by atoms with Gasteiger partial charge in [-0.05, 0) is 38.3 Å². The Morgan fingerprint density at radius 3 is 2.82 bits per heavy atom. The minimum atomic E-state index is -0.852. The highest BCUT2D eigenvalue weighted by atomic mass is 35.5. The summed E-state index contributed by atoms with van der Waals surface area (Å²) in [5.41, 5.74) is -0.542. The quantitative estimate of drug-likeness (QED) is 0.395. The Hall–Kier alpha value is -3.28. The first-order valence-electron chi connectivity index (χ1n) is 13.0. The predicted molar refractivity (Wildman–Crippen MR) is 141 cm³/mol. The maximum atomic E-state index is 14.3. The first-order chi connectivity index (χ1) is 18.7. The number of ether oxygens (including phenoxy) is 3. The van der Waals surface area contributed by atoms with Crippen LogP contribution in [0.2, 0.25) is 5.02 Å². The van der Waals surface area contributed by atoms with Crippen LogP contribution in [0.3, 0.4) is 0 Å². The Balaban J connectivity index is 1.31. The third-order valence-electron chi connectivity index (χ3n) is 6.92. The van der Waals surface area contributed by atoms with Crippen LogP contribution >= 0.6 is 11.6 Å². The summed E-state index contributed by atoms with van der Waals surface area (Å²) in [7, 11) is 0. The monoisotopic (exact) mass is 559 g/mol. The summed E-state index contributed by atoms with van der Waals surface area (Å²) in [6.45, 7) is 4.64. The molecule has 1 aromatic carbocycles. The van der Waals surface area contributed by atoms with Crippen molar-refractivity contribution in [2.45, 2.75) is 70.4 Å². The molecule has 12 heteroatoms. The lowest BCUT2D eigenvalue weighted by molar-refractivity contribution is -0.139. The van der Waals surface area contributed by atoms with Crippen LogP contribution in [0.1, 0.15) is 52.0 Å². The molecule has 1 saturated carbocycles. The number of carbonyl (C=O) groups excluding carboxylic acids is 1. The van der Waals surface area contributed by atoms with Crippen molar-refractivity contribution in [1.82, 2.24) is 19.6 Å². The molecule has 39 heavy (non-hydrogen) atoms. The standard InChI is InChI=1S/C27H31ClFN5O5/c1-27(2)37-16-19(39-27)15-33-11-10-23(32-33)31-26(36)21(12-17-6-3-4-7-17)34-24(35)13-18(14-30-34)38-22-9-5-8-20(28)25(22)29/h5,8-11,13-14,17,19,21H,3-4,6-7,12,15-16H2,1-2H3,(H,31,32,36). The number of halogens is 2. The Bertz CT molecular complexity index is 1390. The van der Waals surface area contributed by atoms with Crippen LogP contribution in [-0.2, 0) is 20.8 Å². The molecule has 1 amide bonds. The first-order valence-corrected chi connectivity index (χ1v) is 13.4. The summed E-state index contributed by atoms with van der Waals surface area (Å²) in [4.78, 5) is 26.5. The highest BCUT2D eigenvalue weighted by molar-refractivity contribution is 6.30. The fraction of sp³-hybridized carbons (Fsp3) is 0.481. The third kappa shape index (κ3) is 6.66. The van der Waals surface area contributed by atoms with Crippen LogP contribution in [0.4, 0.5) is 10.2 Å². The van der Waals surface area contributed by atoms with E-state index >= 15 is 0 Å². The van der Waals surface area contributed by atoms with Gasteiger partial charge in [0.05, 0.1) is 24.4 Å². The van der Waals surface area contributed by atoms with Gasteiger partial charge in [0.15, 0.2) is 28.9 Å². The second-order valence-electron chi connectivity index (χ2n) is 10.4. The second kappa shape index (κ2) is 11.4. The lowest BCUT2D eigenvalue weighted by Crippen LogP contribution is -2.36. The first kappa shape index (κ1) is 27.3. The van der Waals surface area contributed by atoms with Crippen molar-refractivity contribution in [2.75, 3.05) is 11.9 Å². The summed E-state index contributed by atoms with van der Waals surface area (Å²) in [5.74, 6) is -1.20. The number of hydrogen-bond acceptors (Lipinski definition) is 7. The van der Waals surface area contributed by atoms with Crippen LogP contribution in [0.5, 0.6) is 11.5 Å². The molecular weight excluding hydrogens is 529 g/mol. The molecule has 2 fully saturated rings. The van der Waals surface area contributed by atoms with Gasteiger partial charge in [0, 0.05) is 18.3 Å². The smallest absolute Gasteiger partial charge is 0.271 e. The number of nitrogens with zero attached hydrogens (tertiary/aromatic N) is 4. The summed E-state index contributed by atoms with van der Waals surface area (Å²) in [6.07, 6.45) is 7.51. The van der Waals surface area contributed by atoms with Crippen LogP contribution in [0.25, 0.3) is 0 Å². The van der Waals surface area contributed by atoms with E-state index in [1.165, 1.54) is 30.5 Å². The molecule has 2 aromatic heterocycles. The molecule has 0 spiro atoms. The number of carbonyl (C=O) groups is 1. The second-order valence-corrected chi connectivity index (χ2v) is 10.8. The van der Waals surface area contributed by atoms with Crippen molar-refractivity contribution in [3.05, 3.63) is 63.9 Å². The molecule has 3 aromatic rings. The van der Waals surface area contributed by atoms with Crippen molar-refractivity contribution < 1.29 is 23.4 Å². The van der Waals surface area contributed by atoms with E-state index in [0.717, 1.165) is 30.4 Å². The Morgan fingerprint density at radius 1 is 1.31 bits per heavy atom. The van der Waals surface area contributed by atoms with Gasteiger partial charge in [-0.15, -0.1) is 0 Å². The van der Waals surface area contributed by atoms with Gasteiger partial charge in [-0.3, -0.25) is 14.3 Å². The van der Waals surface area contributed by atoms with E-state index in [0.29, 0.717) is 31.3 Å². The van der Waals surface area contributed by atoms with Crippen molar-refractivity contribution >= 4 is 23.3 Å². The van der Waals surface area contributed by atoms with E-state index in [1.807, 2.05) is 13.8 Å². The molecule has 1 aliphatic heterocycles. The summed E-state index contributed by atoms with van der Waals surface area (Å²) >= 11 is 5.82. The molecular formula is C27H31ClFN5O5. The molecule has 3 heterocycles. The average molecular weight is 560 g/mol.